The molecule has 0 fully saturated rings. The van der Waals surface area contributed by atoms with Crippen molar-refractivity contribution in [3.05, 3.63) is 34.4 Å². The second-order valence-electron chi connectivity index (χ2n) is 4.64. The molecule has 0 aliphatic heterocycles. The van der Waals surface area contributed by atoms with Gasteiger partial charge in [0.2, 0.25) is 5.88 Å². The zero-order valence-corrected chi connectivity index (χ0v) is 12.5. The van der Waals surface area contributed by atoms with Crippen LogP contribution < -0.4 is 10.1 Å². The minimum absolute atomic E-state index is 0.0102. The molecule has 0 unspecified atom stereocenters. The molecule has 2 aromatic heterocycles. The average molecular weight is 293 g/mol. The molecule has 2 N–H and O–H groups in total. The van der Waals surface area contributed by atoms with Crippen molar-refractivity contribution < 1.29 is 9.84 Å². The van der Waals surface area contributed by atoms with Gasteiger partial charge in [-0.15, -0.1) is 11.3 Å². The third-order valence-corrected chi connectivity index (χ3v) is 3.81. The summed E-state index contributed by atoms with van der Waals surface area (Å²) in [6, 6.07) is 3.67. The fourth-order valence-corrected chi connectivity index (χ4v) is 2.42. The fraction of sp³-hybridized carbons (Fsp3) is 0.429. The van der Waals surface area contributed by atoms with Gasteiger partial charge in [0.15, 0.2) is 0 Å². The maximum Gasteiger partial charge on any atom is 0.213 e. The monoisotopic (exact) mass is 293 g/mol. The molecule has 0 amide bonds. The van der Waals surface area contributed by atoms with Crippen molar-refractivity contribution in [2.75, 3.05) is 18.5 Å². The number of aliphatic hydroxyl groups is 1. The lowest BCUT2D eigenvalue weighted by Gasteiger charge is -2.06. The van der Waals surface area contributed by atoms with Crippen molar-refractivity contribution in [1.29, 1.82) is 0 Å². The van der Waals surface area contributed by atoms with E-state index in [0.29, 0.717) is 18.3 Å². The highest BCUT2D eigenvalue weighted by atomic mass is 32.1. The molecule has 2 rings (SSSR count). The summed E-state index contributed by atoms with van der Waals surface area (Å²) in [7, 11) is 0. The van der Waals surface area contributed by atoms with Crippen LogP contribution in [0.25, 0.3) is 0 Å². The predicted octanol–water partition coefficient (Wildman–Crippen LogP) is 2.64. The summed E-state index contributed by atoms with van der Waals surface area (Å²) in [5, 5.41) is 15.2. The van der Waals surface area contributed by atoms with Gasteiger partial charge in [0.1, 0.15) is 6.61 Å². The maximum absolute atomic E-state index is 8.66. The van der Waals surface area contributed by atoms with E-state index in [2.05, 4.69) is 34.5 Å². The van der Waals surface area contributed by atoms with Crippen LogP contribution in [-0.2, 0) is 6.54 Å². The summed E-state index contributed by atoms with van der Waals surface area (Å²) in [5.74, 6) is 0.985. The van der Waals surface area contributed by atoms with Crippen LogP contribution in [0.4, 0.5) is 5.69 Å². The minimum Gasteiger partial charge on any atom is -0.475 e. The Hall–Kier alpha value is -1.66. The number of aromatic nitrogens is 2. The standard InChI is InChI=1S/C14H19N3O2S/c1-10(2)14-17-12(9-20-14)8-15-11-3-4-13(16-7-11)19-6-5-18/h3-4,7,9-10,15,18H,5-6,8H2,1-2H3. The minimum atomic E-state index is -0.0102. The number of rotatable bonds is 7. The third-order valence-electron chi connectivity index (χ3n) is 2.61. The molecule has 0 spiro atoms. The first kappa shape index (κ1) is 14.7. The molecule has 2 aromatic rings. The highest BCUT2D eigenvalue weighted by Gasteiger charge is 2.05. The van der Waals surface area contributed by atoms with E-state index in [-0.39, 0.29) is 13.2 Å². The van der Waals surface area contributed by atoms with Crippen LogP contribution in [0.1, 0.15) is 30.5 Å². The Labute approximate surface area is 122 Å². The van der Waals surface area contributed by atoms with Crippen molar-refractivity contribution in [1.82, 2.24) is 9.97 Å². The summed E-state index contributed by atoms with van der Waals surface area (Å²) < 4.78 is 5.20. The van der Waals surface area contributed by atoms with Crippen LogP contribution in [-0.4, -0.2) is 28.3 Å². The lowest BCUT2D eigenvalue weighted by Crippen LogP contribution is -2.04. The number of nitrogens with zero attached hydrogens (tertiary/aromatic N) is 2. The summed E-state index contributed by atoms with van der Waals surface area (Å²) in [5.41, 5.74) is 1.96. The molecule has 0 saturated carbocycles. The Morgan fingerprint density at radius 1 is 1.40 bits per heavy atom. The number of ether oxygens (including phenoxy) is 1. The van der Waals surface area contributed by atoms with Gasteiger partial charge in [0.05, 0.1) is 35.7 Å². The van der Waals surface area contributed by atoms with Crippen molar-refractivity contribution in [2.45, 2.75) is 26.3 Å². The molecule has 0 saturated heterocycles. The van der Waals surface area contributed by atoms with Gasteiger partial charge in [-0.05, 0) is 6.07 Å². The molecule has 108 valence electrons. The fourth-order valence-electron chi connectivity index (χ4n) is 1.58. The molecule has 0 radical (unpaired) electrons. The normalized spacial score (nSPS) is 10.8. The summed E-state index contributed by atoms with van der Waals surface area (Å²) >= 11 is 1.69. The molecule has 0 atom stereocenters. The molecule has 0 aliphatic carbocycles. The first-order chi connectivity index (χ1) is 9.69. The van der Waals surface area contributed by atoms with Crippen molar-refractivity contribution in [3.8, 4) is 5.88 Å². The zero-order valence-electron chi connectivity index (χ0n) is 11.7. The van der Waals surface area contributed by atoms with Crippen molar-refractivity contribution >= 4 is 17.0 Å². The van der Waals surface area contributed by atoms with E-state index >= 15 is 0 Å². The topological polar surface area (TPSA) is 67.3 Å². The number of pyridine rings is 1. The van der Waals surface area contributed by atoms with Crippen molar-refractivity contribution in [2.24, 2.45) is 0 Å². The Kier molecular flexibility index (Phi) is 5.31. The second-order valence-corrected chi connectivity index (χ2v) is 5.53. The lowest BCUT2D eigenvalue weighted by molar-refractivity contribution is 0.196. The van der Waals surface area contributed by atoms with Gasteiger partial charge < -0.3 is 15.2 Å². The number of hydrogen-bond donors (Lipinski definition) is 2. The van der Waals surface area contributed by atoms with Crippen LogP contribution >= 0.6 is 11.3 Å². The molecule has 20 heavy (non-hydrogen) atoms. The summed E-state index contributed by atoms with van der Waals surface area (Å²) in [6.45, 7) is 5.22. The molecule has 0 bridgehead atoms. The maximum atomic E-state index is 8.66. The van der Waals surface area contributed by atoms with E-state index in [0.717, 1.165) is 16.4 Å². The van der Waals surface area contributed by atoms with Crippen LogP contribution in [0.15, 0.2) is 23.7 Å². The number of hydrogen-bond acceptors (Lipinski definition) is 6. The molecule has 6 heteroatoms. The van der Waals surface area contributed by atoms with Crippen LogP contribution in [0, 0.1) is 0 Å². The Morgan fingerprint density at radius 3 is 2.85 bits per heavy atom. The summed E-state index contributed by atoms with van der Waals surface area (Å²) in [4.78, 5) is 8.71. The smallest absolute Gasteiger partial charge is 0.213 e. The van der Waals surface area contributed by atoms with E-state index in [4.69, 9.17) is 9.84 Å². The lowest BCUT2D eigenvalue weighted by atomic mass is 10.2. The number of aliphatic hydroxyl groups excluding tert-OH is 1. The third kappa shape index (κ3) is 4.18. The molecule has 0 aromatic carbocycles. The average Bonchev–Trinajstić information content (AvgIpc) is 2.93. The van der Waals surface area contributed by atoms with Gasteiger partial charge in [0.25, 0.3) is 0 Å². The second kappa shape index (κ2) is 7.21. The van der Waals surface area contributed by atoms with E-state index in [1.54, 1.807) is 23.6 Å². The Balaban J connectivity index is 1.86. The van der Waals surface area contributed by atoms with Gasteiger partial charge in [0, 0.05) is 17.4 Å². The predicted molar refractivity (Wildman–Crippen MR) is 80.3 cm³/mol. The van der Waals surface area contributed by atoms with Gasteiger partial charge in [-0.25, -0.2) is 9.97 Å². The quantitative estimate of drug-likeness (QED) is 0.821. The highest BCUT2D eigenvalue weighted by molar-refractivity contribution is 7.09. The molecule has 0 aliphatic rings. The first-order valence-corrected chi connectivity index (χ1v) is 7.45. The SMILES string of the molecule is CC(C)c1nc(CNc2ccc(OCCO)nc2)cs1. The van der Waals surface area contributed by atoms with Crippen LogP contribution in [0.5, 0.6) is 5.88 Å². The zero-order chi connectivity index (χ0) is 14.4. The molecule has 5 nitrogen and oxygen atoms in total. The summed E-state index contributed by atoms with van der Waals surface area (Å²) in [6.07, 6.45) is 1.71. The van der Waals surface area contributed by atoms with E-state index in [9.17, 15) is 0 Å². The highest BCUT2D eigenvalue weighted by Crippen LogP contribution is 2.20. The number of nitrogens with one attached hydrogen (secondary N) is 1. The van der Waals surface area contributed by atoms with Gasteiger partial charge in [-0.3, -0.25) is 0 Å². The van der Waals surface area contributed by atoms with Crippen LogP contribution in [0.2, 0.25) is 0 Å². The van der Waals surface area contributed by atoms with Crippen LogP contribution in [0.3, 0.4) is 0 Å². The van der Waals surface area contributed by atoms with Crippen molar-refractivity contribution in [3.63, 3.8) is 0 Å². The molecular weight excluding hydrogens is 274 g/mol. The number of thiazole rings is 1. The van der Waals surface area contributed by atoms with Gasteiger partial charge >= 0.3 is 0 Å². The number of anilines is 1. The van der Waals surface area contributed by atoms with E-state index in [1.165, 1.54) is 0 Å². The largest absolute Gasteiger partial charge is 0.475 e. The van der Waals surface area contributed by atoms with E-state index < -0.39 is 0 Å². The Morgan fingerprint density at radius 2 is 2.25 bits per heavy atom. The van der Waals surface area contributed by atoms with Gasteiger partial charge in [-0.2, -0.15) is 0 Å². The van der Waals surface area contributed by atoms with E-state index in [1.807, 2.05) is 6.07 Å². The molecule has 2 heterocycles. The first-order valence-electron chi connectivity index (χ1n) is 6.57. The molecular formula is C14H19N3O2S. The Bertz CT molecular complexity index is 525. The van der Waals surface area contributed by atoms with Gasteiger partial charge in [-0.1, -0.05) is 13.8 Å².